The van der Waals surface area contributed by atoms with Crippen LogP contribution in [0.5, 0.6) is 0 Å². The molecule has 1 aromatic carbocycles. The highest BCUT2D eigenvalue weighted by atomic mass is 35.5. The van der Waals surface area contributed by atoms with E-state index < -0.39 is 0 Å². The van der Waals surface area contributed by atoms with Crippen LogP contribution in [0.2, 0.25) is 5.02 Å². The van der Waals surface area contributed by atoms with Gasteiger partial charge < -0.3 is 10.0 Å². The second kappa shape index (κ2) is 7.47. The van der Waals surface area contributed by atoms with Crippen molar-refractivity contribution >= 4 is 17.5 Å². The van der Waals surface area contributed by atoms with Gasteiger partial charge in [0.15, 0.2) is 0 Å². The summed E-state index contributed by atoms with van der Waals surface area (Å²) in [5.74, 6) is 0.511. The maximum absolute atomic E-state index is 12.5. The van der Waals surface area contributed by atoms with Crippen LogP contribution in [0, 0.1) is 11.3 Å². The quantitative estimate of drug-likeness (QED) is 0.900. The van der Waals surface area contributed by atoms with E-state index in [1.807, 2.05) is 29.2 Å². The smallest absolute Gasteiger partial charge is 0.222 e. The first-order valence-corrected chi connectivity index (χ1v) is 8.43. The summed E-state index contributed by atoms with van der Waals surface area (Å²) in [6.07, 6.45) is 3.42. The molecule has 0 radical (unpaired) electrons. The van der Waals surface area contributed by atoms with E-state index in [9.17, 15) is 9.90 Å². The third-order valence-corrected chi connectivity index (χ3v) is 4.79. The number of benzene rings is 1. The van der Waals surface area contributed by atoms with E-state index in [0.29, 0.717) is 18.9 Å². The van der Waals surface area contributed by atoms with Crippen LogP contribution in [0.4, 0.5) is 0 Å². The lowest BCUT2D eigenvalue weighted by atomic mass is 9.82. The molecule has 1 saturated heterocycles. The lowest BCUT2D eigenvalue weighted by molar-refractivity contribution is -0.136. The van der Waals surface area contributed by atoms with Crippen molar-refractivity contribution in [2.45, 2.75) is 39.5 Å². The average molecular weight is 324 g/mol. The first-order chi connectivity index (χ1) is 10.4. The Morgan fingerprint density at radius 1 is 1.41 bits per heavy atom. The zero-order chi connectivity index (χ0) is 16.2. The third-order valence-electron chi connectivity index (χ3n) is 4.54. The zero-order valence-electron chi connectivity index (χ0n) is 13.5. The Labute approximate surface area is 138 Å². The van der Waals surface area contributed by atoms with Crippen LogP contribution in [0.1, 0.15) is 38.7 Å². The molecule has 2 rings (SSSR count). The molecule has 1 aliphatic rings. The molecule has 1 fully saturated rings. The zero-order valence-corrected chi connectivity index (χ0v) is 14.3. The van der Waals surface area contributed by atoms with Crippen molar-refractivity contribution in [1.82, 2.24) is 4.90 Å². The predicted molar refractivity (Wildman–Crippen MR) is 89.9 cm³/mol. The molecule has 3 nitrogen and oxygen atoms in total. The van der Waals surface area contributed by atoms with Gasteiger partial charge in [-0.3, -0.25) is 4.79 Å². The predicted octanol–water partition coefficient (Wildman–Crippen LogP) is 3.53. The van der Waals surface area contributed by atoms with Crippen LogP contribution >= 0.6 is 11.6 Å². The molecule has 1 N–H and O–H groups in total. The van der Waals surface area contributed by atoms with Crippen LogP contribution in [0.25, 0.3) is 0 Å². The number of carbonyl (C=O) groups excluding carboxylic acids is 1. The molecule has 22 heavy (non-hydrogen) atoms. The Kier molecular flexibility index (Phi) is 5.87. The molecule has 1 aromatic rings. The van der Waals surface area contributed by atoms with E-state index in [0.717, 1.165) is 30.8 Å². The Morgan fingerprint density at radius 2 is 2.09 bits per heavy atom. The number of hydrogen-bond donors (Lipinski definition) is 1. The molecule has 2 unspecified atom stereocenters. The third kappa shape index (κ3) is 4.72. The largest absolute Gasteiger partial charge is 0.396 e. The Bertz CT molecular complexity index is 502. The van der Waals surface area contributed by atoms with Crippen LogP contribution in [-0.4, -0.2) is 35.6 Å². The standard InChI is InChI=1S/C18H26ClNO2/c1-14(10-15-4-6-16(19)7-5-15)11-17(22)20-9-3-8-18(2,12-20)13-21/h4-7,14,21H,3,8-13H2,1-2H3. The first kappa shape index (κ1) is 17.3. The van der Waals surface area contributed by atoms with Crippen LogP contribution in [0.15, 0.2) is 24.3 Å². The number of likely N-dealkylation sites (tertiary alicyclic amines) is 1. The van der Waals surface area contributed by atoms with Crippen molar-refractivity contribution in [3.8, 4) is 0 Å². The summed E-state index contributed by atoms with van der Waals surface area (Å²) in [7, 11) is 0. The van der Waals surface area contributed by atoms with Crippen LogP contribution in [0.3, 0.4) is 0 Å². The molecular formula is C18H26ClNO2. The topological polar surface area (TPSA) is 40.5 Å². The van der Waals surface area contributed by atoms with Gasteiger partial charge in [0.25, 0.3) is 0 Å². The van der Waals surface area contributed by atoms with Crippen molar-refractivity contribution in [1.29, 1.82) is 0 Å². The van der Waals surface area contributed by atoms with E-state index >= 15 is 0 Å². The van der Waals surface area contributed by atoms with Crippen molar-refractivity contribution in [2.24, 2.45) is 11.3 Å². The summed E-state index contributed by atoms with van der Waals surface area (Å²) in [6, 6.07) is 7.82. The maximum atomic E-state index is 12.5. The molecular weight excluding hydrogens is 298 g/mol. The van der Waals surface area contributed by atoms with Gasteiger partial charge in [0.05, 0.1) is 6.61 Å². The Hall–Kier alpha value is -1.06. The minimum absolute atomic E-state index is 0.132. The monoisotopic (exact) mass is 323 g/mol. The number of rotatable bonds is 5. The molecule has 0 aromatic heterocycles. The summed E-state index contributed by atoms with van der Waals surface area (Å²) in [6.45, 7) is 5.82. The summed E-state index contributed by atoms with van der Waals surface area (Å²) in [5.41, 5.74) is 1.08. The summed E-state index contributed by atoms with van der Waals surface area (Å²) in [4.78, 5) is 14.4. The van der Waals surface area contributed by atoms with Crippen molar-refractivity contribution < 1.29 is 9.90 Å². The minimum atomic E-state index is -0.132. The molecule has 1 amide bonds. The normalized spacial score (nSPS) is 23.4. The van der Waals surface area contributed by atoms with Crippen LogP contribution in [-0.2, 0) is 11.2 Å². The molecule has 4 heteroatoms. The van der Waals surface area contributed by atoms with Crippen molar-refractivity contribution in [2.75, 3.05) is 19.7 Å². The number of halogens is 1. The van der Waals surface area contributed by atoms with Gasteiger partial charge >= 0.3 is 0 Å². The number of nitrogens with zero attached hydrogens (tertiary/aromatic N) is 1. The molecule has 0 saturated carbocycles. The van der Waals surface area contributed by atoms with Crippen molar-refractivity contribution in [3.05, 3.63) is 34.9 Å². The summed E-state index contributed by atoms with van der Waals surface area (Å²) in [5, 5.41) is 10.2. The highest BCUT2D eigenvalue weighted by molar-refractivity contribution is 6.30. The second-order valence-electron chi connectivity index (χ2n) is 7.03. The van der Waals surface area contributed by atoms with Gasteiger partial charge in [0.2, 0.25) is 5.91 Å². The number of aliphatic hydroxyl groups is 1. The fraction of sp³-hybridized carbons (Fsp3) is 0.611. The molecule has 2 atom stereocenters. The molecule has 1 aliphatic heterocycles. The highest BCUT2D eigenvalue weighted by Gasteiger charge is 2.32. The van der Waals surface area contributed by atoms with E-state index in [1.165, 1.54) is 5.56 Å². The van der Waals surface area contributed by atoms with E-state index in [4.69, 9.17) is 11.6 Å². The average Bonchev–Trinajstić information content (AvgIpc) is 2.49. The highest BCUT2D eigenvalue weighted by Crippen LogP contribution is 2.29. The van der Waals surface area contributed by atoms with Gasteiger partial charge in [-0.25, -0.2) is 0 Å². The van der Waals surface area contributed by atoms with E-state index in [1.54, 1.807) is 0 Å². The molecule has 0 spiro atoms. The molecule has 1 heterocycles. The lowest BCUT2D eigenvalue weighted by Crippen LogP contribution is -2.46. The van der Waals surface area contributed by atoms with Gasteiger partial charge in [-0.1, -0.05) is 37.6 Å². The fourth-order valence-electron chi connectivity index (χ4n) is 3.18. The Balaban J connectivity index is 1.86. The van der Waals surface area contributed by atoms with Gasteiger partial charge in [0.1, 0.15) is 0 Å². The van der Waals surface area contributed by atoms with E-state index in [-0.39, 0.29) is 17.9 Å². The summed E-state index contributed by atoms with van der Waals surface area (Å²) >= 11 is 5.89. The van der Waals surface area contributed by atoms with Crippen LogP contribution < -0.4 is 0 Å². The van der Waals surface area contributed by atoms with Gasteiger partial charge in [-0.05, 0) is 42.9 Å². The Morgan fingerprint density at radius 3 is 2.73 bits per heavy atom. The maximum Gasteiger partial charge on any atom is 0.222 e. The molecule has 0 bridgehead atoms. The van der Waals surface area contributed by atoms with Gasteiger partial charge in [0, 0.05) is 29.9 Å². The lowest BCUT2D eigenvalue weighted by Gasteiger charge is -2.39. The van der Waals surface area contributed by atoms with E-state index in [2.05, 4.69) is 13.8 Å². The summed E-state index contributed by atoms with van der Waals surface area (Å²) < 4.78 is 0. The second-order valence-corrected chi connectivity index (χ2v) is 7.46. The SMILES string of the molecule is CC(CC(=O)N1CCCC(C)(CO)C1)Cc1ccc(Cl)cc1. The fourth-order valence-corrected chi connectivity index (χ4v) is 3.31. The number of carbonyl (C=O) groups is 1. The van der Waals surface area contributed by atoms with Gasteiger partial charge in [-0.15, -0.1) is 0 Å². The van der Waals surface area contributed by atoms with Gasteiger partial charge in [-0.2, -0.15) is 0 Å². The van der Waals surface area contributed by atoms with Crippen molar-refractivity contribution in [3.63, 3.8) is 0 Å². The first-order valence-electron chi connectivity index (χ1n) is 8.05. The molecule has 0 aliphatic carbocycles. The number of aliphatic hydroxyl groups excluding tert-OH is 1. The number of piperidine rings is 1. The number of amides is 1. The number of hydrogen-bond acceptors (Lipinski definition) is 2. The minimum Gasteiger partial charge on any atom is -0.396 e. The molecule has 122 valence electrons.